The molecule has 0 atom stereocenters. The summed E-state index contributed by atoms with van der Waals surface area (Å²) in [4.78, 5) is 0. The van der Waals surface area contributed by atoms with Crippen molar-refractivity contribution in [3.05, 3.63) is 42.0 Å². The van der Waals surface area contributed by atoms with Crippen LogP contribution >= 0.6 is 0 Å². The Morgan fingerprint density at radius 3 is 2.33 bits per heavy atom. The van der Waals surface area contributed by atoms with Crippen LogP contribution in [0.25, 0.3) is 11.3 Å². The van der Waals surface area contributed by atoms with Gasteiger partial charge >= 0.3 is 0 Å². The van der Waals surface area contributed by atoms with Gasteiger partial charge in [-0.15, -0.1) is 0 Å². The van der Waals surface area contributed by atoms with E-state index in [9.17, 15) is 0 Å². The van der Waals surface area contributed by atoms with E-state index >= 15 is 0 Å². The zero-order chi connectivity index (χ0) is 10.8. The molecule has 0 bridgehead atoms. The van der Waals surface area contributed by atoms with Crippen molar-refractivity contribution >= 4 is 5.82 Å². The van der Waals surface area contributed by atoms with E-state index in [-0.39, 0.29) is 0 Å². The van der Waals surface area contributed by atoms with E-state index < -0.39 is 0 Å². The normalized spacial score (nSPS) is 10.5. The molecule has 2 N–H and O–H groups in total. The predicted octanol–water partition coefficient (Wildman–Crippen LogP) is 3.07. The van der Waals surface area contributed by atoms with E-state index in [1.165, 1.54) is 16.8 Å². The first kappa shape index (κ1) is 9.84. The number of nitrogen functional groups attached to an aromatic ring is 1. The van der Waals surface area contributed by atoms with E-state index in [0.717, 1.165) is 12.4 Å². The lowest BCUT2D eigenvalue weighted by Gasteiger charge is -2.08. The van der Waals surface area contributed by atoms with Gasteiger partial charge in [-0.05, 0) is 31.5 Å². The van der Waals surface area contributed by atoms with E-state index in [0.29, 0.717) is 0 Å². The van der Waals surface area contributed by atoms with E-state index in [1.54, 1.807) is 0 Å². The van der Waals surface area contributed by atoms with Crippen LogP contribution in [0.5, 0.6) is 0 Å². The lowest BCUT2D eigenvalue weighted by molar-refractivity contribution is 0.788. The summed E-state index contributed by atoms with van der Waals surface area (Å²) in [6.45, 7) is 5.10. The first-order valence-electron chi connectivity index (χ1n) is 5.24. The highest BCUT2D eigenvalue weighted by molar-refractivity contribution is 5.64. The zero-order valence-electron chi connectivity index (χ0n) is 9.20. The Morgan fingerprint density at radius 1 is 1.07 bits per heavy atom. The molecule has 0 spiro atoms. The molecule has 0 radical (unpaired) electrons. The van der Waals surface area contributed by atoms with Crippen LogP contribution in [0.15, 0.2) is 36.4 Å². The Labute approximate surface area is 90.3 Å². The molecule has 0 aliphatic carbocycles. The van der Waals surface area contributed by atoms with Gasteiger partial charge in [0, 0.05) is 12.2 Å². The third-order valence-electron chi connectivity index (χ3n) is 2.68. The third-order valence-corrected chi connectivity index (χ3v) is 2.68. The molecule has 1 heterocycles. The van der Waals surface area contributed by atoms with Gasteiger partial charge in [-0.3, -0.25) is 0 Å². The van der Waals surface area contributed by atoms with Crippen LogP contribution in [0.2, 0.25) is 0 Å². The molecule has 2 rings (SSSR count). The topological polar surface area (TPSA) is 30.9 Å². The molecule has 0 aliphatic heterocycles. The second kappa shape index (κ2) is 3.81. The molecular formula is C13H16N2. The smallest absolute Gasteiger partial charge is 0.103 e. The van der Waals surface area contributed by atoms with Gasteiger partial charge in [0.15, 0.2) is 0 Å². The highest BCUT2D eigenvalue weighted by Gasteiger charge is 2.05. The number of nitrogens with two attached hydrogens (primary N) is 1. The van der Waals surface area contributed by atoms with Gasteiger partial charge in [-0.1, -0.05) is 29.8 Å². The number of hydrogen-bond donors (Lipinski definition) is 1. The Hall–Kier alpha value is -1.70. The Balaban J connectivity index is 2.49. The molecule has 0 amide bonds. The number of benzene rings is 1. The van der Waals surface area contributed by atoms with Crippen LogP contribution < -0.4 is 5.73 Å². The van der Waals surface area contributed by atoms with Gasteiger partial charge in [0.25, 0.3) is 0 Å². The summed E-state index contributed by atoms with van der Waals surface area (Å²) in [5, 5.41) is 0. The SMILES string of the molecule is CCn1c(N)ccc1-c1ccc(C)cc1. The van der Waals surface area contributed by atoms with E-state index in [1.807, 2.05) is 6.07 Å². The zero-order valence-corrected chi connectivity index (χ0v) is 9.20. The van der Waals surface area contributed by atoms with Crippen molar-refractivity contribution in [2.24, 2.45) is 0 Å². The van der Waals surface area contributed by atoms with Crippen LogP contribution in [-0.2, 0) is 6.54 Å². The first-order valence-corrected chi connectivity index (χ1v) is 5.24. The fourth-order valence-electron chi connectivity index (χ4n) is 1.81. The summed E-state index contributed by atoms with van der Waals surface area (Å²) in [6, 6.07) is 12.5. The van der Waals surface area contributed by atoms with Crippen LogP contribution in [-0.4, -0.2) is 4.57 Å². The molecule has 2 aromatic rings. The summed E-state index contributed by atoms with van der Waals surface area (Å²) >= 11 is 0. The van der Waals surface area contributed by atoms with Crippen molar-refractivity contribution in [3.63, 3.8) is 0 Å². The van der Waals surface area contributed by atoms with E-state index in [4.69, 9.17) is 5.73 Å². The Morgan fingerprint density at radius 2 is 1.73 bits per heavy atom. The molecule has 2 nitrogen and oxygen atoms in total. The largest absolute Gasteiger partial charge is 0.385 e. The van der Waals surface area contributed by atoms with Gasteiger partial charge < -0.3 is 10.3 Å². The van der Waals surface area contributed by atoms with Crippen LogP contribution in [0, 0.1) is 6.92 Å². The van der Waals surface area contributed by atoms with Crippen molar-refractivity contribution in [2.75, 3.05) is 5.73 Å². The van der Waals surface area contributed by atoms with Crippen molar-refractivity contribution in [3.8, 4) is 11.3 Å². The molecule has 78 valence electrons. The van der Waals surface area contributed by atoms with Crippen molar-refractivity contribution in [1.82, 2.24) is 4.57 Å². The van der Waals surface area contributed by atoms with Crippen LogP contribution in [0.1, 0.15) is 12.5 Å². The molecule has 0 saturated heterocycles. The number of aryl methyl sites for hydroxylation is 1. The molecule has 15 heavy (non-hydrogen) atoms. The van der Waals surface area contributed by atoms with Crippen LogP contribution in [0.3, 0.4) is 0 Å². The predicted molar refractivity (Wildman–Crippen MR) is 64.7 cm³/mol. The maximum absolute atomic E-state index is 5.88. The van der Waals surface area contributed by atoms with Gasteiger partial charge in [0.1, 0.15) is 5.82 Å². The summed E-state index contributed by atoms with van der Waals surface area (Å²) in [5.74, 6) is 0.827. The quantitative estimate of drug-likeness (QED) is 0.793. The highest BCUT2D eigenvalue weighted by Crippen LogP contribution is 2.23. The molecule has 0 aliphatic rings. The molecule has 0 fully saturated rings. The minimum Gasteiger partial charge on any atom is -0.385 e. The average molecular weight is 200 g/mol. The fraction of sp³-hybridized carbons (Fsp3) is 0.231. The van der Waals surface area contributed by atoms with Gasteiger partial charge in [0.05, 0.1) is 0 Å². The minimum atomic E-state index is 0.827. The second-order valence-electron chi connectivity index (χ2n) is 3.75. The molecular weight excluding hydrogens is 184 g/mol. The minimum absolute atomic E-state index is 0.827. The molecule has 2 heteroatoms. The fourth-order valence-corrected chi connectivity index (χ4v) is 1.81. The summed E-state index contributed by atoms with van der Waals surface area (Å²) in [7, 11) is 0. The monoisotopic (exact) mass is 200 g/mol. The number of hydrogen-bond acceptors (Lipinski definition) is 1. The standard InChI is InChI=1S/C13H16N2/c1-3-15-12(8-9-13(15)14)11-6-4-10(2)5-7-11/h4-9H,3,14H2,1-2H3. The van der Waals surface area contributed by atoms with Gasteiger partial charge in [-0.2, -0.15) is 0 Å². The lowest BCUT2D eigenvalue weighted by atomic mass is 10.1. The van der Waals surface area contributed by atoms with Gasteiger partial charge in [0.2, 0.25) is 0 Å². The van der Waals surface area contributed by atoms with Crippen molar-refractivity contribution < 1.29 is 0 Å². The number of rotatable bonds is 2. The first-order chi connectivity index (χ1) is 7.22. The second-order valence-corrected chi connectivity index (χ2v) is 3.75. The number of aromatic nitrogens is 1. The molecule has 0 unspecified atom stereocenters. The summed E-state index contributed by atoms with van der Waals surface area (Å²) in [5.41, 5.74) is 9.57. The molecule has 0 saturated carbocycles. The Bertz CT molecular complexity index is 452. The number of anilines is 1. The molecule has 1 aromatic carbocycles. The van der Waals surface area contributed by atoms with Crippen molar-refractivity contribution in [1.29, 1.82) is 0 Å². The van der Waals surface area contributed by atoms with E-state index in [2.05, 4.69) is 48.7 Å². The van der Waals surface area contributed by atoms with Crippen molar-refractivity contribution in [2.45, 2.75) is 20.4 Å². The highest BCUT2D eigenvalue weighted by atomic mass is 15.0. The number of nitrogens with zero attached hydrogens (tertiary/aromatic N) is 1. The van der Waals surface area contributed by atoms with Gasteiger partial charge in [-0.25, -0.2) is 0 Å². The summed E-state index contributed by atoms with van der Waals surface area (Å²) < 4.78 is 2.12. The third kappa shape index (κ3) is 1.75. The average Bonchev–Trinajstić information content (AvgIpc) is 2.61. The maximum Gasteiger partial charge on any atom is 0.103 e. The van der Waals surface area contributed by atoms with Crippen LogP contribution in [0.4, 0.5) is 5.82 Å². The molecule has 1 aromatic heterocycles. The summed E-state index contributed by atoms with van der Waals surface area (Å²) in [6.07, 6.45) is 0. The lowest BCUT2D eigenvalue weighted by Crippen LogP contribution is -2.01. The Kier molecular flexibility index (Phi) is 2.50. The maximum atomic E-state index is 5.88.